The van der Waals surface area contributed by atoms with Gasteiger partial charge >= 0.3 is 0 Å². The number of benzene rings is 1. The smallest absolute Gasteiger partial charge is 0.262 e. The first-order valence-electron chi connectivity index (χ1n) is 6.69. The summed E-state index contributed by atoms with van der Waals surface area (Å²) in [6.45, 7) is 2.77. The van der Waals surface area contributed by atoms with E-state index in [1.807, 2.05) is 6.07 Å². The molecule has 0 saturated carbocycles. The molecule has 0 N–H and O–H groups in total. The van der Waals surface area contributed by atoms with Crippen LogP contribution in [0.4, 0.5) is 5.95 Å². The molecule has 0 aliphatic carbocycles. The fourth-order valence-electron chi connectivity index (χ4n) is 2.46. The molecule has 2 heterocycles. The summed E-state index contributed by atoms with van der Waals surface area (Å²) in [5, 5.41) is 0.542. The SMILES string of the molecule is COc1cc(Br)c2nc(N3CCOCC3)n(C)c(=O)c2c1. The molecule has 7 heteroatoms. The number of methoxy groups -OCH3 is 1. The highest BCUT2D eigenvalue weighted by Crippen LogP contribution is 2.27. The second kappa shape index (κ2) is 5.65. The molecule has 112 valence electrons. The zero-order chi connectivity index (χ0) is 15.0. The van der Waals surface area contributed by atoms with Crippen LogP contribution in [0.1, 0.15) is 0 Å². The average molecular weight is 354 g/mol. The van der Waals surface area contributed by atoms with E-state index < -0.39 is 0 Å². The first-order chi connectivity index (χ1) is 10.1. The summed E-state index contributed by atoms with van der Waals surface area (Å²) in [7, 11) is 3.32. The quantitative estimate of drug-likeness (QED) is 0.819. The maximum Gasteiger partial charge on any atom is 0.262 e. The summed E-state index contributed by atoms with van der Waals surface area (Å²) in [5.41, 5.74) is 0.571. The lowest BCUT2D eigenvalue weighted by Gasteiger charge is -2.29. The van der Waals surface area contributed by atoms with Gasteiger partial charge in [0.15, 0.2) is 0 Å². The lowest BCUT2D eigenvalue weighted by molar-refractivity contribution is 0.121. The largest absolute Gasteiger partial charge is 0.497 e. The molecule has 1 saturated heterocycles. The molecule has 1 aromatic heterocycles. The Labute approximate surface area is 130 Å². The molecule has 21 heavy (non-hydrogen) atoms. The van der Waals surface area contributed by atoms with Crippen molar-refractivity contribution in [1.29, 1.82) is 0 Å². The molecule has 1 fully saturated rings. The van der Waals surface area contributed by atoms with Gasteiger partial charge in [0.1, 0.15) is 5.75 Å². The van der Waals surface area contributed by atoms with Crippen LogP contribution in [0.15, 0.2) is 21.4 Å². The number of aromatic nitrogens is 2. The Kier molecular flexibility index (Phi) is 3.86. The van der Waals surface area contributed by atoms with Crippen LogP contribution in [-0.4, -0.2) is 43.0 Å². The third-order valence-electron chi connectivity index (χ3n) is 3.61. The van der Waals surface area contributed by atoms with E-state index in [-0.39, 0.29) is 5.56 Å². The number of anilines is 1. The Bertz CT molecular complexity index is 738. The van der Waals surface area contributed by atoms with Crippen LogP contribution in [-0.2, 0) is 11.8 Å². The van der Waals surface area contributed by atoms with E-state index in [0.29, 0.717) is 35.8 Å². The topological polar surface area (TPSA) is 56.6 Å². The van der Waals surface area contributed by atoms with Crippen molar-refractivity contribution in [1.82, 2.24) is 9.55 Å². The third kappa shape index (κ3) is 2.51. The van der Waals surface area contributed by atoms with E-state index in [1.54, 1.807) is 24.8 Å². The van der Waals surface area contributed by atoms with Crippen molar-refractivity contribution in [2.24, 2.45) is 7.05 Å². The Balaban J connectivity index is 2.22. The number of morpholine rings is 1. The first kappa shape index (κ1) is 14.3. The first-order valence-corrected chi connectivity index (χ1v) is 7.48. The molecule has 0 atom stereocenters. The number of ether oxygens (including phenoxy) is 2. The van der Waals surface area contributed by atoms with Gasteiger partial charge in [-0.1, -0.05) is 0 Å². The Morgan fingerprint density at radius 3 is 2.71 bits per heavy atom. The summed E-state index contributed by atoms with van der Waals surface area (Å²) in [6.07, 6.45) is 0. The second-order valence-electron chi connectivity index (χ2n) is 4.88. The van der Waals surface area contributed by atoms with E-state index in [2.05, 4.69) is 25.8 Å². The molecule has 2 aromatic rings. The fourth-order valence-corrected chi connectivity index (χ4v) is 2.99. The number of hydrogen-bond acceptors (Lipinski definition) is 5. The van der Waals surface area contributed by atoms with Crippen LogP contribution in [0.5, 0.6) is 5.75 Å². The molecule has 0 unspecified atom stereocenters. The Hall–Kier alpha value is -1.60. The van der Waals surface area contributed by atoms with Crippen LogP contribution in [0.25, 0.3) is 10.9 Å². The van der Waals surface area contributed by atoms with Crippen LogP contribution in [0, 0.1) is 0 Å². The zero-order valence-electron chi connectivity index (χ0n) is 11.9. The molecule has 1 aliphatic rings. The molecule has 0 radical (unpaired) electrons. The maximum atomic E-state index is 12.6. The second-order valence-corrected chi connectivity index (χ2v) is 5.74. The van der Waals surface area contributed by atoms with E-state index in [0.717, 1.165) is 17.6 Å². The summed E-state index contributed by atoms with van der Waals surface area (Å²) < 4.78 is 12.9. The van der Waals surface area contributed by atoms with Gasteiger partial charge in [-0.25, -0.2) is 4.98 Å². The van der Waals surface area contributed by atoms with E-state index >= 15 is 0 Å². The predicted molar refractivity (Wildman–Crippen MR) is 84.3 cm³/mol. The Morgan fingerprint density at radius 1 is 1.33 bits per heavy atom. The summed E-state index contributed by atoms with van der Waals surface area (Å²) in [4.78, 5) is 19.3. The van der Waals surface area contributed by atoms with Crippen molar-refractivity contribution < 1.29 is 9.47 Å². The molecule has 6 nitrogen and oxygen atoms in total. The molecule has 1 aliphatic heterocycles. The van der Waals surface area contributed by atoms with Gasteiger partial charge < -0.3 is 14.4 Å². The number of halogens is 1. The van der Waals surface area contributed by atoms with Crippen LogP contribution in [0.2, 0.25) is 0 Å². The van der Waals surface area contributed by atoms with Gasteiger partial charge in [0.05, 0.1) is 31.2 Å². The van der Waals surface area contributed by atoms with Crippen LogP contribution >= 0.6 is 15.9 Å². The molecule has 0 amide bonds. The van der Waals surface area contributed by atoms with Gasteiger partial charge in [-0.05, 0) is 28.1 Å². The van der Waals surface area contributed by atoms with Crippen molar-refractivity contribution in [2.45, 2.75) is 0 Å². The van der Waals surface area contributed by atoms with Crippen LogP contribution < -0.4 is 15.2 Å². The van der Waals surface area contributed by atoms with Crippen molar-refractivity contribution in [3.8, 4) is 5.75 Å². The molecule has 1 aromatic carbocycles. The van der Waals surface area contributed by atoms with E-state index in [9.17, 15) is 4.79 Å². The third-order valence-corrected chi connectivity index (χ3v) is 4.22. The number of nitrogens with zero attached hydrogens (tertiary/aromatic N) is 3. The van der Waals surface area contributed by atoms with Gasteiger partial charge in [-0.3, -0.25) is 9.36 Å². The van der Waals surface area contributed by atoms with Crippen molar-refractivity contribution in [2.75, 3.05) is 38.3 Å². The zero-order valence-corrected chi connectivity index (χ0v) is 13.5. The average Bonchev–Trinajstić information content (AvgIpc) is 2.51. The van der Waals surface area contributed by atoms with Crippen molar-refractivity contribution in [3.63, 3.8) is 0 Å². The summed E-state index contributed by atoms with van der Waals surface area (Å²) >= 11 is 3.47. The Morgan fingerprint density at radius 2 is 2.05 bits per heavy atom. The van der Waals surface area contributed by atoms with Crippen molar-refractivity contribution in [3.05, 3.63) is 27.0 Å². The van der Waals surface area contributed by atoms with E-state index in [4.69, 9.17) is 9.47 Å². The normalized spacial score (nSPS) is 15.5. The molecule has 3 rings (SSSR count). The molecular weight excluding hydrogens is 338 g/mol. The summed E-state index contributed by atoms with van der Waals surface area (Å²) in [6, 6.07) is 3.54. The fraction of sp³-hybridized carbons (Fsp3) is 0.429. The van der Waals surface area contributed by atoms with Gasteiger partial charge in [0.2, 0.25) is 5.95 Å². The standard InChI is InChI=1S/C14H16BrN3O3/c1-17-13(19)10-7-9(20-2)8-11(15)12(10)16-14(17)18-3-5-21-6-4-18/h7-8H,3-6H2,1-2H3. The van der Waals surface area contributed by atoms with Gasteiger partial charge in [0, 0.05) is 24.6 Å². The maximum absolute atomic E-state index is 12.6. The van der Waals surface area contributed by atoms with Gasteiger partial charge in [-0.15, -0.1) is 0 Å². The molecule has 0 bridgehead atoms. The lowest BCUT2D eigenvalue weighted by Crippen LogP contribution is -2.40. The summed E-state index contributed by atoms with van der Waals surface area (Å²) in [5.74, 6) is 1.30. The highest BCUT2D eigenvalue weighted by molar-refractivity contribution is 9.10. The van der Waals surface area contributed by atoms with Gasteiger partial charge in [0.25, 0.3) is 5.56 Å². The predicted octanol–water partition coefficient (Wildman–Crippen LogP) is 1.54. The highest BCUT2D eigenvalue weighted by atomic mass is 79.9. The number of fused-ring (bicyclic) bond motifs is 1. The number of rotatable bonds is 2. The van der Waals surface area contributed by atoms with E-state index in [1.165, 1.54) is 0 Å². The minimum atomic E-state index is -0.0823. The minimum absolute atomic E-state index is 0.0823. The highest BCUT2D eigenvalue weighted by Gasteiger charge is 2.19. The lowest BCUT2D eigenvalue weighted by atomic mass is 10.2. The minimum Gasteiger partial charge on any atom is -0.497 e. The number of hydrogen-bond donors (Lipinski definition) is 0. The molecular formula is C14H16BrN3O3. The monoisotopic (exact) mass is 353 g/mol. The van der Waals surface area contributed by atoms with Crippen molar-refractivity contribution >= 4 is 32.8 Å². The van der Waals surface area contributed by atoms with Crippen LogP contribution in [0.3, 0.4) is 0 Å². The molecule has 0 spiro atoms. The van der Waals surface area contributed by atoms with Gasteiger partial charge in [-0.2, -0.15) is 0 Å².